The lowest BCUT2D eigenvalue weighted by molar-refractivity contribution is -0.125. The molecule has 0 fully saturated rings. The van der Waals surface area contributed by atoms with Crippen LogP contribution >= 0.6 is 24.0 Å². The SMILES string of the molecule is CCNC(=NCC(C)(C)C(N)=O)NC(C)COC.I. The van der Waals surface area contributed by atoms with Crippen molar-refractivity contribution < 1.29 is 9.53 Å². The summed E-state index contributed by atoms with van der Waals surface area (Å²) in [7, 11) is 1.65. The maximum atomic E-state index is 11.2. The topological polar surface area (TPSA) is 88.7 Å². The van der Waals surface area contributed by atoms with Crippen LogP contribution in [0.1, 0.15) is 27.7 Å². The van der Waals surface area contributed by atoms with E-state index < -0.39 is 5.41 Å². The first-order chi connectivity index (χ1) is 8.33. The van der Waals surface area contributed by atoms with Gasteiger partial charge in [0.15, 0.2) is 5.96 Å². The molecule has 4 N–H and O–H groups in total. The van der Waals surface area contributed by atoms with E-state index in [1.54, 1.807) is 21.0 Å². The molecule has 0 spiro atoms. The summed E-state index contributed by atoms with van der Waals surface area (Å²) in [5.74, 6) is 0.309. The third-order valence-corrected chi connectivity index (χ3v) is 2.44. The molecule has 0 rings (SSSR count). The Kier molecular flexibility index (Phi) is 11.2. The van der Waals surface area contributed by atoms with E-state index >= 15 is 0 Å². The van der Waals surface area contributed by atoms with Crippen molar-refractivity contribution in [3.8, 4) is 0 Å². The monoisotopic (exact) mass is 386 g/mol. The van der Waals surface area contributed by atoms with Gasteiger partial charge in [0.2, 0.25) is 5.91 Å². The minimum absolute atomic E-state index is 0. The van der Waals surface area contributed by atoms with Gasteiger partial charge in [-0.05, 0) is 27.7 Å². The van der Waals surface area contributed by atoms with Gasteiger partial charge in [0.25, 0.3) is 0 Å². The number of amides is 1. The minimum atomic E-state index is -0.646. The van der Waals surface area contributed by atoms with E-state index in [0.717, 1.165) is 6.54 Å². The number of hydrogen-bond donors (Lipinski definition) is 3. The Hall–Kier alpha value is -0.570. The predicted octanol–water partition coefficient (Wildman–Crippen LogP) is 0.706. The number of nitrogens with one attached hydrogen (secondary N) is 2. The lowest BCUT2D eigenvalue weighted by atomic mass is 9.93. The van der Waals surface area contributed by atoms with Gasteiger partial charge in [-0.3, -0.25) is 9.79 Å². The molecule has 19 heavy (non-hydrogen) atoms. The molecule has 0 saturated carbocycles. The number of aliphatic imine (C=N–C) groups is 1. The number of ether oxygens (including phenoxy) is 1. The number of carbonyl (C=O) groups excluding carboxylic acids is 1. The van der Waals surface area contributed by atoms with Crippen LogP contribution in [0.25, 0.3) is 0 Å². The van der Waals surface area contributed by atoms with Gasteiger partial charge in [0.05, 0.1) is 18.6 Å². The zero-order chi connectivity index (χ0) is 14.2. The van der Waals surface area contributed by atoms with Gasteiger partial charge in [-0.2, -0.15) is 0 Å². The van der Waals surface area contributed by atoms with Crippen LogP contribution in [0, 0.1) is 5.41 Å². The normalized spacial score (nSPS) is 13.4. The molecule has 0 aliphatic rings. The first kappa shape index (κ1) is 20.7. The molecular weight excluding hydrogens is 359 g/mol. The highest BCUT2D eigenvalue weighted by Crippen LogP contribution is 2.13. The zero-order valence-corrected chi connectivity index (χ0v) is 14.8. The molecule has 0 saturated heterocycles. The Bertz CT molecular complexity index is 295. The molecule has 1 atom stereocenters. The molecule has 7 heteroatoms. The first-order valence-corrected chi connectivity index (χ1v) is 6.17. The van der Waals surface area contributed by atoms with Crippen molar-refractivity contribution in [1.29, 1.82) is 0 Å². The van der Waals surface area contributed by atoms with Gasteiger partial charge in [0.1, 0.15) is 0 Å². The van der Waals surface area contributed by atoms with Crippen molar-refractivity contribution in [3.05, 3.63) is 0 Å². The molecule has 0 radical (unpaired) electrons. The predicted molar refractivity (Wildman–Crippen MR) is 88.8 cm³/mol. The number of guanidine groups is 1. The largest absolute Gasteiger partial charge is 0.383 e. The maximum Gasteiger partial charge on any atom is 0.224 e. The quantitative estimate of drug-likeness (QED) is 0.342. The number of nitrogens with zero attached hydrogens (tertiary/aromatic N) is 1. The van der Waals surface area contributed by atoms with Crippen molar-refractivity contribution >= 4 is 35.8 Å². The highest BCUT2D eigenvalue weighted by atomic mass is 127. The van der Waals surface area contributed by atoms with Gasteiger partial charge in [-0.25, -0.2) is 0 Å². The second-order valence-electron chi connectivity index (χ2n) is 4.94. The van der Waals surface area contributed by atoms with E-state index in [1.165, 1.54) is 0 Å². The Balaban J connectivity index is 0. The Morgan fingerprint density at radius 1 is 1.47 bits per heavy atom. The summed E-state index contributed by atoms with van der Waals surface area (Å²) in [5, 5.41) is 6.31. The fourth-order valence-electron chi connectivity index (χ4n) is 1.20. The van der Waals surface area contributed by atoms with Crippen LogP contribution in [-0.2, 0) is 9.53 Å². The molecule has 0 aromatic heterocycles. The number of halogens is 1. The number of carbonyl (C=O) groups is 1. The summed E-state index contributed by atoms with van der Waals surface area (Å²) >= 11 is 0. The van der Waals surface area contributed by atoms with Crippen molar-refractivity contribution in [3.63, 3.8) is 0 Å². The van der Waals surface area contributed by atoms with E-state index in [2.05, 4.69) is 15.6 Å². The van der Waals surface area contributed by atoms with E-state index in [0.29, 0.717) is 19.1 Å². The van der Waals surface area contributed by atoms with Gasteiger partial charge in [-0.15, -0.1) is 24.0 Å². The van der Waals surface area contributed by atoms with Crippen molar-refractivity contribution in [2.24, 2.45) is 16.1 Å². The number of hydrogen-bond acceptors (Lipinski definition) is 3. The highest BCUT2D eigenvalue weighted by Gasteiger charge is 2.24. The van der Waals surface area contributed by atoms with Crippen molar-refractivity contribution in [2.75, 3.05) is 26.8 Å². The molecule has 0 aliphatic carbocycles. The van der Waals surface area contributed by atoms with Crippen molar-refractivity contribution in [1.82, 2.24) is 10.6 Å². The zero-order valence-electron chi connectivity index (χ0n) is 12.4. The van der Waals surface area contributed by atoms with Crippen LogP contribution in [-0.4, -0.2) is 44.7 Å². The molecule has 0 bridgehead atoms. The van der Waals surface area contributed by atoms with E-state index in [-0.39, 0.29) is 35.9 Å². The lowest BCUT2D eigenvalue weighted by Crippen LogP contribution is -2.45. The minimum Gasteiger partial charge on any atom is -0.383 e. The van der Waals surface area contributed by atoms with Crippen LogP contribution in [0.15, 0.2) is 4.99 Å². The fourth-order valence-corrected chi connectivity index (χ4v) is 1.20. The molecule has 114 valence electrons. The molecule has 1 amide bonds. The van der Waals surface area contributed by atoms with Crippen LogP contribution in [0.2, 0.25) is 0 Å². The molecule has 1 unspecified atom stereocenters. The Morgan fingerprint density at radius 3 is 2.47 bits per heavy atom. The molecule has 0 aliphatic heterocycles. The highest BCUT2D eigenvalue weighted by molar-refractivity contribution is 14.0. The maximum absolute atomic E-state index is 11.2. The smallest absolute Gasteiger partial charge is 0.224 e. The summed E-state index contributed by atoms with van der Waals surface area (Å²) in [4.78, 5) is 15.6. The van der Waals surface area contributed by atoms with Gasteiger partial charge >= 0.3 is 0 Å². The first-order valence-electron chi connectivity index (χ1n) is 6.17. The average molecular weight is 386 g/mol. The average Bonchev–Trinajstić information content (AvgIpc) is 2.26. The van der Waals surface area contributed by atoms with Gasteiger partial charge < -0.3 is 21.1 Å². The van der Waals surface area contributed by atoms with Crippen molar-refractivity contribution in [2.45, 2.75) is 33.7 Å². The van der Waals surface area contributed by atoms with Crippen LogP contribution in [0.4, 0.5) is 0 Å². The van der Waals surface area contributed by atoms with E-state index in [9.17, 15) is 4.79 Å². The Labute approximate surface area is 133 Å². The summed E-state index contributed by atoms with van der Waals surface area (Å²) in [6.45, 7) is 9.22. The van der Waals surface area contributed by atoms with E-state index in [4.69, 9.17) is 10.5 Å². The Morgan fingerprint density at radius 2 is 2.05 bits per heavy atom. The van der Waals surface area contributed by atoms with Crippen LogP contribution < -0.4 is 16.4 Å². The molecular formula is C12H27IN4O2. The van der Waals surface area contributed by atoms with E-state index in [1.807, 2.05) is 13.8 Å². The summed E-state index contributed by atoms with van der Waals surface area (Å²) < 4.78 is 5.05. The lowest BCUT2D eigenvalue weighted by Gasteiger charge is -2.21. The standard InChI is InChI=1S/C12H26N4O2.HI/c1-6-14-11(16-9(2)7-18-5)15-8-12(3,4)10(13)17;/h9H,6-8H2,1-5H3,(H2,13,17)(H2,14,15,16);1H. The van der Waals surface area contributed by atoms with Gasteiger partial charge in [0, 0.05) is 19.7 Å². The number of rotatable bonds is 7. The summed E-state index contributed by atoms with van der Waals surface area (Å²) in [6.07, 6.45) is 0. The second kappa shape index (κ2) is 10.2. The molecule has 0 aromatic carbocycles. The third-order valence-electron chi connectivity index (χ3n) is 2.44. The number of primary amides is 1. The van der Waals surface area contributed by atoms with Crippen LogP contribution in [0.3, 0.4) is 0 Å². The molecule has 6 nitrogen and oxygen atoms in total. The fraction of sp³-hybridized carbons (Fsp3) is 0.833. The molecule has 0 aromatic rings. The van der Waals surface area contributed by atoms with Gasteiger partial charge in [-0.1, -0.05) is 0 Å². The summed E-state index contributed by atoms with van der Waals surface area (Å²) in [5.41, 5.74) is 4.66. The summed E-state index contributed by atoms with van der Waals surface area (Å²) in [6, 6.07) is 0.143. The molecule has 0 heterocycles. The number of nitrogens with two attached hydrogens (primary N) is 1. The second-order valence-corrected chi connectivity index (χ2v) is 4.94. The number of methoxy groups -OCH3 is 1. The third kappa shape index (κ3) is 9.04. The van der Waals surface area contributed by atoms with Crippen LogP contribution in [0.5, 0.6) is 0 Å².